The van der Waals surface area contributed by atoms with Crippen LogP contribution < -0.4 is 11.0 Å². The highest BCUT2D eigenvalue weighted by atomic mass is 32.2. The number of nitrogens with zero attached hydrogens (tertiary/aromatic N) is 4. The number of H-pyrrole nitrogens is 1. The lowest BCUT2D eigenvalue weighted by Gasteiger charge is -2.09. The molecule has 0 bridgehead atoms. The van der Waals surface area contributed by atoms with E-state index in [1.54, 1.807) is 4.57 Å². The Labute approximate surface area is 114 Å². The van der Waals surface area contributed by atoms with Gasteiger partial charge in [0.15, 0.2) is 5.16 Å². The normalized spacial score (nSPS) is 10.7. The van der Waals surface area contributed by atoms with E-state index in [1.165, 1.54) is 18.1 Å². The largest absolute Gasteiger partial charge is 0.370 e. The minimum Gasteiger partial charge on any atom is -0.370 e. The molecule has 19 heavy (non-hydrogen) atoms. The van der Waals surface area contributed by atoms with Gasteiger partial charge < -0.3 is 5.32 Å². The highest BCUT2D eigenvalue weighted by Gasteiger charge is 2.13. The number of hydrogen-bond acceptors (Lipinski definition) is 6. The van der Waals surface area contributed by atoms with Crippen molar-refractivity contribution in [3.05, 3.63) is 22.4 Å². The molecule has 2 aromatic heterocycles. The lowest BCUT2D eigenvalue weighted by atomic mass is 10.3. The van der Waals surface area contributed by atoms with Crippen molar-refractivity contribution >= 4 is 17.6 Å². The molecule has 0 amide bonds. The summed E-state index contributed by atoms with van der Waals surface area (Å²) >= 11 is 1.36. The van der Waals surface area contributed by atoms with Gasteiger partial charge in [0.25, 0.3) is 0 Å². The average Bonchev–Trinajstić information content (AvgIpc) is 2.75. The Morgan fingerprint density at radius 1 is 1.42 bits per heavy atom. The van der Waals surface area contributed by atoms with Gasteiger partial charge in [0.1, 0.15) is 17.2 Å². The first-order chi connectivity index (χ1) is 9.17. The van der Waals surface area contributed by atoms with Crippen LogP contribution in [0.25, 0.3) is 0 Å². The third-order valence-electron chi connectivity index (χ3n) is 2.61. The fourth-order valence-corrected chi connectivity index (χ4v) is 2.57. The van der Waals surface area contributed by atoms with Gasteiger partial charge in [0.05, 0.1) is 0 Å². The van der Waals surface area contributed by atoms with Crippen LogP contribution in [0.3, 0.4) is 0 Å². The molecule has 0 aliphatic heterocycles. The summed E-state index contributed by atoms with van der Waals surface area (Å²) in [5.74, 6) is 0.806. The Morgan fingerprint density at radius 3 is 2.89 bits per heavy atom. The second-order valence-corrected chi connectivity index (χ2v) is 4.80. The molecule has 0 aliphatic rings. The molecule has 0 atom stereocenters. The predicted octanol–water partition coefficient (Wildman–Crippen LogP) is 1.27. The molecule has 102 valence electrons. The Balaban J connectivity index is 2.33. The first-order valence-electron chi connectivity index (χ1n) is 6.05. The standard InChI is InChI=1S/C11H16N6OS/c1-4-12-8-7(3)9(14-6-13-8)19-11-16-15-10(18)17(11)5-2/h6H,4-5H2,1-3H3,(H,15,18)(H,12,13,14). The molecule has 0 saturated heterocycles. The minimum atomic E-state index is -0.205. The molecule has 0 saturated carbocycles. The van der Waals surface area contributed by atoms with Crippen LogP contribution >= 0.6 is 11.8 Å². The molecule has 7 nitrogen and oxygen atoms in total. The third-order valence-corrected chi connectivity index (χ3v) is 3.71. The van der Waals surface area contributed by atoms with E-state index in [4.69, 9.17) is 0 Å². The van der Waals surface area contributed by atoms with Crippen LogP contribution in [-0.2, 0) is 6.54 Å². The third kappa shape index (κ3) is 2.78. The van der Waals surface area contributed by atoms with Gasteiger partial charge in [-0.1, -0.05) is 0 Å². The smallest absolute Gasteiger partial charge is 0.343 e. The van der Waals surface area contributed by atoms with Gasteiger partial charge in [-0.3, -0.25) is 4.57 Å². The molecule has 2 N–H and O–H groups in total. The van der Waals surface area contributed by atoms with E-state index >= 15 is 0 Å². The van der Waals surface area contributed by atoms with Crippen LogP contribution in [-0.4, -0.2) is 31.3 Å². The van der Waals surface area contributed by atoms with Gasteiger partial charge >= 0.3 is 5.69 Å². The van der Waals surface area contributed by atoms with Crippen molar-refractivity contribution in [3.63, 3.8) is 0 Å². The van der Waals surface area contributed by atoms with Crippen molar-refractivity contribution in [3.8, 4) is 0 Å². The molecular weight excluding hydrogens is 264 g/mol. The second-order valence-electron chi connectivity index (χ2n) is 3.84. The molecule has 0 radical (unpaired) electrons. The van der Waals surface area contributed by atoms with Crippen LogP contribution in [0.15, 0.2) is 21.3 Å². The Bertz CT molecular complexity index is 620. The maximum absolute atomic E-state index is 11.5. The summed E-state index contributed by atoms with van der Waals surface area (Å²) in [6, 6.07) is 0. The Kier molecular flexibility index (Phi) is 4.20. The highest BCUT2D eigenvalue weighted by Crippen LogP contribution is 2.28. The van der Waals surface area contributed by atoms with E-state index in [1.807, 2.05) is 20.8 Å². The van der Waals surface area contributed by atoms with Crippen molar-refractivity contribution in [2.45, 2.75) is 37.5 Å². The first kappa shape index (κ1) is 13.6. The van der Waals surface area contributed by atoms with Crippen molar-refractivity contribution in [2.75, 3.05) is 11.9 Å². The molecule has 2 rings (SSSR count). The van der Waals surface area contributed by atoms with Crippen molar-refractivity contribution in [1.82, 2.24) is 24.7 Å². The number of aromatic amines is 1. The van der Waals surface area contributed by atoms with Gasteiger partial charge in [-0.25, -0.2) is 19.9 Å². The van der Waals surface area contributed by atoms with Gasteiger partial charge in [-0.15, -0.1) is 5.10 Å². The summed E-state index contributed by atoms with van der Waals surface area (Å²) in [6.07, 6.45) is 1.51. The zero-order chi connectivity index (χ0) is 13.8. The lowest BCUT2D eigenvalue weighted by Crippen LogP contribution is -2.16. The molecule has 2 heterocycles. The average molecular weight is 280 g/mol. The van der Waals surface area contributed by atoms with Gasteiger partial charge in [0.2, 0.25) is 0 Å². The first-order valence-corrected chi connectivity index (χ1v) is 6.87. The molecule has 0 aliphatic carbocycles. The van der Waals surface area contributed by atoms with Crippen LogP contribution in [0.4, 0.5) is 5.82 Å². The maximum atomic E-state index is 11.5. The van der Waals surface area contributed by atoms with Crippen LogP contribution in [0.2, 0.25) is 0 Å². The molecule has 2 aromatic rings. The van der Waals surface area contributed by atoms with Crippen LogP contribution in [0.5, 0.6) is 0 Å². The monoisotopic (exact) mass is 280 g/mol. The summed E-state index contributed by atoms with van der Waals surface area (Å²) < 4.78 is 1.57. The van der Waals surface area contributed by atoms with Crippen LogP contribution in [0.1, 0.15) is 19.4 Å². The Morgan fingerprint density at radius 2 is 2.21 bits per heavy atom. The fraction of sp³-hybridized carbons (Fsp3) is 0.455. The van der Waals surface area contributed by atoms with E-state index < -0.39 is 0 Å². The lowest BCUT2D eigenvalue weighted by molar-refractivity contribution is 0.660. The van der Waals surface area contributed by atoms with E-state index in [0.717, 1.165) is 23.0 Å². The van der Waals surface area contributed by atoms with Crippen LogP contribution in [0, 0.1) is 6.92 Å². The topological polar surface area (TPSA) is 88.5 Å². The Hall–Kier alpha value is -1.83. The van der Waals surface area contributed by atoms with Gasteiger partial charge in [-0.05, 0) is 32.5 Å². The molecule has 0 fully saturated rings. The van der Waals surface area contributed by atoms with Crippen molar-refractivity contribution in [2.24, 2.45) is 0 Å². The summed E-state index contributed by atoms with van der Waals surface area (Å²) in [7, 11) is 0. The second kappa shape index (κ2) is 5.87. The summed E-state index contributed by atoms with van der Waals surface area (Å²) in [5, 5.41) is 11.0. The quantitative estimate of drug-likeness (QED) is 0.802. The van der Waals surface area contributed by atoms with Gasteiger partial charge in [0, 0.05) is 18.7 Å². The van der Waals surface area contributed by atoms with E-state index in [9.17, 15) is 4.79 Å². The van der Waals surface area contributed by atoms with Crippen molar-refractivity contribution in [1.29, 1.82) is 0 Å². The molecule has 0 unspecified atom stereocenters. The summed E-state index contributed by atoms with van der Waals surface area (Å²) in [4.78, 5) is 19.9. The summed E-state index contributed by atoms with van der Waals surface area (Å²) in [6.45, 7) is 7.22. The SMILES string of the molecule is CCNc1ncnc(Sc2n[nH]c(=O)n2CC)c1C. The molecule has 0 aromatic carbocycles. The summed E-state index contributed by atoms with van der Waals surface area (Å²) in [5.41, 5.74) is 0.746. The maximum Gasteiger partial charge on any atom is 0.343 e. The predicted molar refractivity (Wildman–Crippen MR) is 73.6 cm³/mol. The van der Waals surface area contributed by atoms with Gasteiger partial charge in [-0.2, -0.15) is 0 Å². The number of rotatable bonds is 5. The fourth-order valence-electron chi connectivity index (χ4n) is 1.63. The molecule has 8 heteroatoms. The zero-order valence-corrected chi connectivity index (χ0v) is 11.9. The number of anilines is 1. The zero-order valence-electron chi connectivity index (χ0n) is 11.1. The van der Waals surface area contributed by atoms with E-state index in [-0.39, 0.29) is 5.69 Å². The number of nitrogens with one attached hydrogen (secondary N) is 2. The van der Waals surface area contributed by atoms with E-state index in [2.05, 4.69) is 25.5 Å². The van der Waals surface area contributed by atoms with Crippen molar-refractivity contribution < 1.29 is 0 Å². The molecular formula is C11H16N6OS. The van der Waals surface area contributed by atoms with E-state index in [0.29, 0.717) is 11.7 Å². The minimum absolute atomic E-state index is 0.205. The highest BCUT2D eigenvalue weighted by molar-refractivity contribution is 7.99. The number of hydrogen-bond donors (Lipinski definition) is 2. The molecule has 0 spiro atoms. The number of aromatic nitrogens is 5.